The third-order valence-corrected chi connectivity index (χ3v) is 6.17. The maximum atomic E-state index is 6.33. The molecule has 5 aromatic carbocycles. The summed E-state index contributed by atoms with van der Waals surface area (Å²) in [5.41, 5.74) is 15.2. The van der Waals surface area contributed by atoms with Crippen molar-refractivity contribution in [2.75, 3.05) is 5.73 Å². The zero-order chi connectivity index (χ0) is 21.5. The van der Waals surface area contributed by atoms with E-state index < -0.39 is 0 Å². The Balaban J connectivity index is 1.59. The normalized spacial score (nSPS) is 11.2. The number of anilines is 1. The standard InChI is InChI=1S/C30H22N2/c31-28-17-6-3-14-25(28)24-13-2-1-12-23(24)21-10-9-11-22(20-21)32-29-18-7-4-15-26(29)27-16-5-8-19-30(27)32/h1-20H,31H2. The maximum absolute atomic E-state index is 6.33. The molecule has 32 heavy (non-hydrogen) atoms. The summed E-state index contributed by atoms with van der Waals surface area (Å²) in [6, 6.07) is 42.5. The highest BCUT2D eigenvalue weighted by Gasteiger charge is 2.13. The molecule has 0 aliphatic rings. The summed E-state index contributed by atoms with van der Waals surface area (Å²) in [6.07, 6.45) is 0. The Bertz CT molecular complexity index is 1540. The quantitative estimate of drug-likeness (QED) is 0.298. The fourth-order valence-corrected chi connectivity index (χ4v) is 4.73. The summed E-state index contributed by atoms with van der Waals surface area (Å²) in [7, 11) is 0. The van der Waals surface area contributed by atoms with E-state index in [2.05, 4.69) is 108 Å². The zero-order valence-electron chi connectivity index (χ0n) is 17.6. The smallest absolute Gasteiger partial charge is 0.0541 e. The molecule has 0 radical (unpaired) electrons. The van der Waals surface area contributed by atoms with Crippen molar-refractivity contribution in [3.05, 3.63) is 121 Å². The average molecular weight is 411 g/mol. The van der Waals surface area contributed by atoms with Crippen molar-refractivity contribution in [1.82, 2.24) is 4.57 Å². The van der Waals surface area contributed by atoms with Crippen LogP contribution in [0.1, 0.15) is 0 Å². The van der Waals surface area contributed by atoms with Crippen molar-refractivity contribution in [2.45, 2.75) is 0 Å². The van der Waals surface area contributed by atoms with Crippen LogP contribution in [0.5, 0.6) is 0 Å². The molecule has 0 atom stereocenters. The lowest BCUT2D eigenvalue weighted by Crippen LogP contribution is -1.95. The van der Waals surface area contributed by atoms with Crippen LogP contribution in [-0.2, 0) is 0 Å². The first-order valence-corrected chi connectivity index (χ1v) is 10.8. The SMILES string of the molecule is Nc1ccccc1-c1ccccc1-c1cccc(-n2c3ccccc3c3ccccc32)c1. The van der Waals surface area contributed by atoms with Crippen LogP contribution >= 0.6 is 0 Å². The van der Waals surface area contributed by atoms with Crippen molar-refractivity contribution in [3.8, 4) is 27.9 Å². The third kappa shape index (κ3) is 2.89. The van der Waals surface area contributed by atoms with Crippen LogP contribution in [-0.4, -0.2) is 4.57 Å². The van der Waals surface area contributed by atoms with Gasteiger partial charge in [-0.05, 0) is 47.0 Å². The molecule has 2 heteroatoms. The van der Waals surface area contributed by atoms with E-state index in [9.17, 15) is 0 Å². The van der Waals surface area contributed by atoms with E-state index in [1.807, 2.05) is 18.2 Å². The van der Waals surface area contributed by atoms with Gasteiger partial charge in [-0.1, -0.05) is 91.0 Å². The molecule has 0 fully saturated rings. The average Bonchev–Trinajstić information content (AvgIpc) is 3.19. The number of nitrogens with two attached hydrogens (primary N) is 1. The molecule has 0 amide bonds. The molecular formula is C30H22N2. The Morgan fingerprint density at radius 3 is 1.72 bits per heavy atom. The lowest BCUT2D eigenvalue weighted by Gasteiger charge is -2.14. The predicted octanol–water partition coefficient (Wildman–Crippen LogP) is 7.70. The van der Waals surface area contributed by atoms with Gasteiger partial charge in [-0.25, -0.2) is 0 Å². The summed E-state index contributed by atoms with van der Waals surface area (Å²) in [5, 5.41) is 2.54. The van der Waals surface area contributed by atoms with Gasteiger partial charge in [-0.2, -0.15) is 0 Å². The van der Waals surface area contributed by atoms with Gasteiger partial charge in [0.15, 0.2) is 0 Å². The van der Waals surface area contributed by atoms with Crippen LogP contribution in [0, 0.1) is 0 Å². The first kappa shape index (κ1) is 18.5. The van der Waals surface area contributed by atoms with Gasteiger partial charge in [-0.3, -0.25) is 0 Å². The number of hydrogen-bond donors (Lipinski definition) is 1. The summed E-state index contributed by atoms with van der Waals surface area (Å²) < 4.78 is 2.35. The molecule has 2 nitrogen and oxygen atoms in total. The summed E-state index contributed by atoms with van der Waals surface area (Å²) in [6.45, 7) is 0. The summed E-state index contributed by atoms with van der Waals surface area (Å²) in [5.74, 6) is 0. The second kappa shape index (κ2) is 7.44. The Labute approximate surface area is 187 Å². The highest BCUT2D eigenvalue weighted by Crippen LogP contribution is 2.37. The van der Waals surface area contributed by atoms with Crippen molar-refractivity contribution in [3.63, 3.8) is 0 Å². The van der Waals surface area contributed by atoms with Crippen LogP contribution in [0.3, 0.4) is 0 Å². The molecule has 0 aliphatic carbocycles. The number of nitrogens with zero attached hydrogens (tertiary/aromatic N) is 1. The molecule has 0 saturated heterocycles. The molecule has 1 heterocycles. The lowest BCUT2D eigenvalue weighted by atomic mass is 9.93. The van der Waals surface area contributed by atoms with Crippen LogP contribution in [0.25, 0.3) is 49.7 Å². The van der Waals surface area contributed by atoms with Gasteiger partial charge in [0.1, 0.15) is 0 Å². The van der Waals surface area contributed by atoms with Crippen LogP contribution in [0.15, 0.2) is 121 Å². The molecule has 0 unspecified atom stereocenters. The van der Waals surface area contributed by atoms with E-state index in [-0.39, 0.29) is 0 Å². The Kier molecular flexibility index (Phi) is 4.29. The maximum Gasteiger partial charge on any atom is 0.0541 e. The fraction of sp³-hybridized carbons (Fsp3) is 0. The van der Waals surface area contributed by atoms with E-state index in [0.717, 1.165) is 22.5 Å². The minimum atomic E-state index is 0.790. The van der Waals surface area contributed by atoms with Crippen LogP contribution in [0.2, 0.25) is 0 Å². The second-order valence-corrected chi connectivity index (χ2v) is 8.05. The molecule has 2 N–H and O–H groups in total. The summed E-state index contributed by atoms with van der Waals surface area (Å²) >= 11 is 0. The number of nitrogen functional groups attached to an aromatic ring is 1. The Morgan fingerprint density at radius 2 is 1.03 bits per heavy atom. The molecule has 0 spiro atoms. The van der Waals surface area contributed by atoms with Crippen LogP contribution in [0.4, 0.5) is 5.69 Å². The fourth-order valence-electron chi connectivity index (χ4n) is 4.73. The molecule has 6 rings (SSSR count). The van der Waals surface area contributed by atoms with Gasteiger partial charge in [0, 0.05) is 27.7 Å². The molecule has 0 saturated carbocycles. The highest BCUT2D eigenvalue weighted by atomic mass is 15.0. The number of benzene rings is 5. The minimum Gasteiger partial charge on any atom is -0.398 e. The van der Waals surface area contributed by atoms with Gasteiger partial charge >= 0.3 is 0 Å². The number of aromatic nitrogens is 1. The second-order valence-electron chi connectivity index (χ2n) is 8.05. The molecule has 6 aromatic rings. The van der Waals surface area contributed by atoms with E-state index in [4.69, 9.17) is 5.73 Å². The molecule has 0 aliphatic heterocycles. The van der Waals surface area contributed by atoms with Crippen molar-refractivity contribution in [1.29, 1.82) is 0 Å². The van der Waals surface area contributed by atoms with E-state index >= 15 is 0 Å². The molecule has 1 aromatic heterocycles. The van der Waals surface area contributed by atoms with Gasteiger partial charge in [-0.15, -0.1) is 0 Å². The topological polar surface area (TPSA) is 30.9 Å². The number of para-hydroxylation sites is 3. The minimum absolute atomic E-state index is 0.790. The molecule has 152 valence electrons. The first-order chi connectivity index (χ1) is 15.8. The van der Waals surface area contributed by atoms with Gasteiger partial charge < -0.3 is 10.3 Å². The van der Waals surface area contributed by atoms with Gasteiger partial charge in [0.2, 0.25) is 0 Å². The van der Waals surface area contributed by atoms with E-state index in [1.165, 1.54) is 32.9 Å². The molecule has 0 bridgehead atoms. The predicted molar refractivity (Wildman–Crippen MR) is 136 cm³/mol. The monoisotopic (exact) mass is 410 g/mol. The van der Waals surface area contributed by atoms with Crippen LogP contribution < -0.4 is 5.73 Å². The highest BCUT2D eigenvalue weighted by molar-refractivity contribution is 6.09. The Hall–Kier alpha value is -4.30. The van der Waals surface area contributed by atoms with Crippen molar-refractivity contribution >= 4 is 27.5 Å². The lowest BCUT2D eigenvalue weighted by molar-refractivity contribution is 1.18. The number of hydrogen-bond acceptors (Lipinski definition) is 1. The largest absolute Gasteiger partial charge is 0.398 e. The van der Waals surface area contributed by atoms with Crippen molar-refractivity contribution in [2.24, 2.45) is 0 Å². The zero-order valence-corrected chi connectivity index (χ0v) is 17.6. The first-order valence-electron chi connectivity index (χ1n) is 10.8. The third-order valence-electron chi connectivity index (χ3n) is 6.17. The van der Waals surface area contributed by atoms with Crippen molar-refractivity contribution < 1.29 is 0 Å². The summed E-state index contributed by atoms with van der Waals surface area (Å²) in [4.78, 5) is 0. The van der Waals surface area contributed by atoms with Gasteiger partial charge in [0.25, 0.3) is 0 Å². The number of rotatable bonds is 3. The van der Waals surface area contributed by atoms with E-state index in [1.54, 1.807) is 0 Å². The van der Waals surface area contributed by atoms with Gasteiger partial charge in [0.05, 0.1) is 11.0 Å². The number of fused-ring (bicyclic) bond motifs is 3. The molecular weight excluding hydrogens is 388 g/mol. The Morgan fingerprint density at radius 1 is 0.469 bits per heavy atom. The van der Waals surface area contributed by atoms with E-state index in [0.29, 0.717) is 0 Å².